The summed E-state index contributed by atoms with van der Waals surface area (Å²) in [5, 5.41) is 2.89. The summed E-state index contributed by atoms with van der Waals surface area (Å²) < 4.78 is 15.6. The van der Waals surface area contributed by atoms with Crippen LogP contribution in [0.1, 0.15) is 36.2 Å². The highest BCUT2D eigenvalue weighted by atomic mass is 16.5. The molecule has 0 unspecified atom stereocenters. The van der Waals surface area contributed by atoms with Gasteiger partial charge in [0.1, 0.15) is 17.1 Å². The van der Waals surface area contributed by atoms with Gasteiger partial charge in [0.25, 0.3) is 5.91 Å². The van der Waals surface area contributed by atoms with Gasteiger partial charge in [0, 0.05) is 12.1 Å². The van der Waals surface area contributed by atoms with Gasteiger partial charge in [0.2, 0.25) is 0 Å². The zero-order chi connectivity index (χ0) is 20.5. The number of amides is 1. The van der Waals surface area contributed by atoms with Crippen molar-refractivity contribution < 1.29 is 23.8 Å². The van der Waals surface area contributed by atoms with Crippen LogP contribution in [-0.4, -0.2) is 38.2 Å². The molecule has 1 amide bonds. The van der Waals surface area contributed by atoms with E-state index in [2.05, 4.69) is 17.4 Å². The molecule has 0 aliphatic carbocycles. The predicted molar refractivity (Wildman–Crippen MR) is 107 cm³/mol. The lowest BCUT2D eigenvalue weighted by Gasteiger charge is -2.18. The summed E-state index contributed by atoms with van der Waals surface area (Å²) in [4.78, 5) is 24.8. The van der Waals surface area contributed by atoms with Crippen molar-refractivity contribution in [2.24, 2.45) is 0 Å². The molecular weight excluding hydrogens is 358 g/mol. The average Bonchev–Trinajstić information content (AvgIpc) is 2.72. The van der Waals surface area contributed by atoms with Crippen LogP contribution in [0.15, 0.2) is 48.5 Å². The highest BCUT2D eigenvalue weighted by Crippen LogP contribution is 2.25. The van der Waals surface area contributed by atoms with E-state index in [4.69, 9.17) is 14.2 Å². The molecule has 0 fully saturated rings. The summed E-state index contributed by atoms with van der Waals surface area (Å²) in [6.45, 7) is 3.48. The van der Waals surface area contributed by atoms with Gasteiger partial charge in [0.15, 0.2) is 6.10 Å². The molecule has 2 aromatic carbocycles. The van der Waals surface area contributed by atoms with Crippen LogP contribution in [0.4, 0.5) is 0 Å². The number of methoxy groups -OCH3 is 2. The van der Waals surface area contributed by atoms with Crippen LogP contribution in [0.3, 0.4) is 0 Å². The number of carbonyl (C=O) groups excluding carboxylic acids is 2. The second-order valence-electron chi connectivity index (χ2n) is 6.55. The zero-order valence-corrected chi connectivity index (χ0v) is 16.7. The number of ether oxygens (including phenoxy) is 3. The second-order valence-corrected chi connectivity index (χ2v) is 6.55. The van der Waals surface area contributed by atoms with Crippen molar-refractivity contribution in [3.63, 3.8) is 0 Å². The van der Waals surface area contributed by atoms with E-state index < -0.39 is 12.1 Å². The first-order valence-corrected chi connectivity index (χ1v) is 9.22. The quantitative estimate of drug-likeness (QED) is 0.670. The van der Waals surface area contributed by atoms with Crippen LogP contribution in [-0.2, 0) is 16.0 Å². The number of hydrogen-bond donors (Lipinski definition) is 1. The standard InChI is InChI=1S/C22H27NO5/c1-15(10-11-17-8-6-5-7-9-17)23-21(24)16(2)28-22(25)19-13-12-18(26-3)14-20(19)27-4/h5-9,12-16H,10-11H2,1-4H3,(H,23,24)/t15-,16-/m0/s1. The van der Waals surface area contributed by atoms with Gasteiger partial charge in [-0.25, -0.2) is 4.79 Å². The Morgan fingerprint density at radius 2 is 1.71 bits per heavy atom. The normalized spacial score (nSPS) is 12.6. The maximum atomic E-state index is 12.4. The molecule has 0 saturated carbocycles. The minimum absolute atomic E-state index is 0.0376. The van der Waals surface area contributed by atoms with Crippen molar-refractivity contribution in [2.75, 3.05) is 14.2 Å². The van der Waals surface area contributed by atoms with Crippen molar-refractivity contribution in [3.05, 3.63) is 59.7 Å². The number of carbonyl (C=O) groups is 2. The monoisotopic (exact) mass is 385 g/mol. The number of esters is 1. The Labute approximate surface area is 165 Å². The lowest BCUT2D eigenvalue weighted by Crippen LogP contribution is -2.41. The van der Waals surface area contributed by atoms with Crippen LogP contribution in [0.25, 0.3) is 0 Å². The number of aryl methyl sites for hydroxylation is 1. The van der Waals surface area contributed by atoms with Gasteiger partial charge < -0.3 is 19.5 Å². The Hall–Kier alpha value is -3.02. The third kappa shape index (κ3) is 6.01. The maximum Gasteiger partial charge on any atom is 0.342 e. The molecular formula is C22H27NO5. The van der Waals surface area contributed by atoms with E-state index in [1.54, 1.807) is 25.1 Å². The number of hydrogen-bond acceptors (Lipinski definition) is 5. The highest BCUT2D eigenvalue weighted by molar-refractivity contribution is 5.94. The van der Waals surface area contributed by atoms with Gasteiger partial charge in [-0.05, 0) is 44.4 Å². The SMILES string of the molecule is COc1ccc(C(=O)O[C@@H](C)C(=O)N[C@@H](C)CCc2ccccc2)c(OC)c1. The second kappa shape index (κ2) is 10.3. The topological polar surface area (TPSA) is 73.9 Å². The minimum Gasteiger partial charge on any atom is -0.497 e. The van der Waals surface area contributed by atoms with E-state index in [9.17, 15) is 9.59 Å². The first-order chi connectivity index (χ1) is 13.4. The summed E-state index contributed by atoms with van der Waals surface area (Å²) in [6, 6.07) is 14.8. The summed E-state index contributed by atoms with van der Waals surface area (Å²) in [5.74, 6) is -0.0694. The fraction of sp³-hybridized carbons (Fsp3) is 0.364. The van der Waals surface area contributed by atoms with E-state index in [0.29, 0.717) is 11.5 Å². The minimum atomic E-state index is -0.918. The van der Waals surface area contributed by atoms with Gasteiger partial charge in [-0.1, -0.05) is 30.3 Å². The number of rotatable bonds is 9. The van der Waals surface area contributed by atoms with Crippen molar-refractivity contribution in [1.29, 1.82) is 0 Å². The number of benzene rings is 2. The molecule has 0 aliphatic rings. The average molecular weight is 385 g/mol. The molecule has 150 valence electrons. The zero-order valence-electron chi connectivity index (χ0n) is 16.7. The van der Waals surface area contributed by atoms with Crippen molar-refractivity contribution >= 4 is 11.9 Å². The number of nitrogens with one attached hydrogen (secondary N) is 1. The molecule has 0 aliphatic heterocycles. The third-order valence-electron chi connectivity index (χ3n) is 4.38. The van der Waals surface area contributed by atoms with E-state index >= 15 is 0 Å². The van der Waals surface area contributed by atoms with E-state index in [-0.39, 0.29) is 17.5 Å². The summed E-state index contributed by atoms with van der Waals surface area (Å²) in [6.07, 6.45) is 0.737. The highest BCUT2D eigenvalue weighted by Gasteiger charge is 2.22. The first kappa shape index (κ1) is 21.3. The molecule has 28 heavy (non-hydrogen) atoms. The fourth-order valence-electron chi connectivity index (χ4n) is 2.70. The molecule has 0 bridgehead atoms. The van der Waals surface area contributed by atoms with Gasteiger partial charge in [0.05, 0.1) is 14.2 Å². The van der Waals surface area contributed by atoms with Crippen LogP contribution in [0, 0.1) is 0 Å². The van der Waals surface area contributed by atoms with Crippen LogP contribution in [0.2, 0.25) is 0 Å². The Balaban J connectivity index is 1.88. The molecule has 6 nitrogen and oxygen atoms in total. The van der Waals surface area contributed by atoms with Crippen molar-refractivity contribution in [2.45, 2.75) is 38.8 Å². The molecule has 2 aromatic rings. The largest absolute Gasteiger partial charge is 0.497 e. The van der Waals surface area contributed by atoms with Crippen LogP contribution < -0.4 is 14.8 Å². The Kier molecular flexibility index (Phi) is 7.87. The van der Waals surface area contributed by atoms with E-state index in [1.807, 2.05) is 25.1 Å². The van der Waals surface area contributed by atoms with Crippen LogP contribution in [0.5, 0.6) is 11.5 Å². The molecule has 2 atom stereocenters. The Morgan fingerprint density at radius 3 is 2.36 bits per heavy atom. The van der Waals surface area contributed by atoms with Gasteiger partial charge in [-0.15, -0.1) is 0 Å². The smallest absolute Gasteiger partial charge is 0.342 e. The Morgan fingerprint density at radius 1 is 1.00 bits per heavy atom. The lowest BCUT2D eigenvalue weighted by atomic mass is 10.1. The van der Waals surface area contributed by atoms with Crippen molar-refractivity contribution in [1.82, 2.24) is 5.32 Å². The molecule has 0 heterocycles. The summed E-state index contributed by atoms with van der Waals surface area (Å²) in [5.41, 5.74) is 1.45. The molecule has 0 aromatic heterocycles. The summed E-state index contributed by atoms with van der Waals surface area (Å²) in [7, 11) is 2.98. The molecule has 6 heteroatoms. The van der Waals surface area contributed by atoms with Gasteiger partial charge in [-0.2, -0.15) is 0 Å². The first-order valence-electron chi connectivity index (χ1n) is 9.22. The van der Waals surface area contributed by atoms with Gasteiger partial charge in [-0.3, -0.25) is 4.79 Å². The maximum absolute atomic E-state index is 12.4. The summed E-state index contributed by atoms with van der Waals surface area (Å²) >= 11 is 0. The molecule has 0 radical (unpaired) electrons. The molecule has 2 rings (SSSR count). The third-order valence-corrected chi connectivity index (χ3v) is 4.38. The lowest BCUT2D eigenvalue weighted by molar-refractivity contribution is -0.129. The van der Waals surface area contributed by atoms with E-state index in [1.165, 1.54) is 19.8 Å². The fourth-order valence-corrected chi connectivity index (χ4v) is 2.70. The molecule has 1 N–H and O–H groups in total. The van der Waals surface area contributed by atoms with Crippen molar-refractivity contribution in [3.8, 4) is 11.5 Å². The molecule has 0 spiro atoms. The van der Waals surface area contributed by atoms with Gasteiger partial charge >= 0.3 is 5.97 Å². The Bertz CT molecular complexity index is 791. The predicted octanol–water partition coefficient (Wildman–Crippen LogP) is 3.39. The molecule has 0 saturated heterocycles. The van der Waals surface area contributed by atoms with E-state index in [0.717, 1.165) is 12.8 Å². The van der Waals surface area contributed by atoms with Crippen LogP contribution >= 0.6 is 0 Å².